The molecule has 3 heterocycles. The molecule has 0 bridgehead atoms. The molecule has 9 nitrogen and oxygen atoms in total. The minimum Gasteiger partial charge on any atom is -0.489 e. The van der Waals surface area contributed by atoms with E-state index in [4.69, 9.17) is 4.74 Å². The number of aromatic nitrogens is 1. The molecular weight excluding hydrogens is 526 g/mol. The fourth-order valence-electron chi connectivity index (χ4n) is 4.93. The van der Waals surface area contributed by atoms with Gasteiger partial charge in [-0.15, -0.1) is 0 Å². The van der Waals surface area contributed by atoms with Crippen molar-refractivity contribution in [2.24, 2.45) is 5.92 Å². The van der Waals surface area contributed by atoms with E-state index in [1.807, 2.05) is 54.6 Å². The molecule has 3 atom stereocenters. The van der Waals surface area contributed by atoms with Gasteiger partial charge in [0.2, 0.25) is 11.8 Å². The summed E-state index contributed by atoms with van der Waals surface area (Å²) >= 11 is 2.20. The molecule has 190 valence electrons. The molecule has 0 aliphatic carbocycles. The van der Waals surface area contributed by atoms with Crippen molar-refractivity contribution in [3.8, 4) is 5.75 Å². The summed E-state index contributed by atoms with van der Waals surface area (Å²) in [5.74, 6) is -1.66. The molecule has 2 aliphatic heterocycles. The number of nitrogens with one attached hydrogen (secondary N) is 1. The Kier molecular flexibility index (Phi) is 6.09. The second-order valence-electron chi connectivity index (χ2n) is 8.85. The van der Waals surface area contributed by atoms with Gasteiger partial charge in [-0.1, -0.05) is 71.6 Å². The van der Waals surface area contributed by atoms with E-state index >= 15 is 0 Å². The Morgan fingerprint density at radius 2 is 1.63 bits per heavy atom. The number of benzene rings is 3. The van der Waals surface area contributed by atoms with Gasteiger partial charge < -0.3 is 9.72 Å². The van der Waals surface area contributed by atoms with E-state index in [0.717, 1.165) is 21.8 Å². The zero-order valence-corrected chi connectivity index (χ0v) is 21.2. The number of nitro benzene ring substituents is 1. The topological polar surface area (TPSA) is 123 Å². The highest BCUT2D eigenvalue weighted by molar-refractivity contribution is 8.00. The Hall–Kier alpha value is -4.22. The van der Waals surface area contributed by atoms with Crippen LogP contribution in [-0.2, 0) is 16.2 Å². The summed E-state index contributed by atoms with van der Waals surface area (Å²) in [6.45, 7) is 0.311. The summed E-state index contributed by atoms with van der Waals surface area (Å²) in [7, 11) is 0. The fraction of sp³-hybridized carbons (Fsp3) is 0.148. The van der Waals surface area contributed by atoms with Crippen LogP contribution in [0.1, 0.15) is 21.9 Å². The number of nitrogens with zero attached hydrogens (tertiary/aromatic N) is 2. The SMILES string of the molecule is O=C1C2Sc3[nH]c(=O)sc3[C@H](c3ccccc3OCc3ccccc3)C2C(=O)N1c1ccc([N+](=O)[O-])cc1. The third-order valence-corrected chi connectivity index (χ3v) is 9.03. The number of para-hydroxylation sites is 1. The van der Waals surface area contributed by atoms with E-state index in [1.165, 1.54) is 36.0 Å². The van der Waals surface area contributed by atoms with E-state index in [1.54, 1.807) is 0 Å². The molecular formula is C27H19N3O6S2. The number of hydrogen-bond acceptors (Lipinski definition) is 8. The summed E-state index contributed by atoms with van der Waals surface area (Å²) in [6, 6.07) is 22.4. The Morgan fingerprint density at radius 1 is 0.921 bits per heavy atom. The molecule has 0 saturated carbocycles. The second kappa shape index (κ2) is 9.58. The van der Waals surface area contributed by atoms with E-state index in [2.05, 4.69) is 4.98 Å². The zero-order chi connectivity index (χ0) is 26.4. The number of ether oxygens (including phenoxy) is 1. The summed E-state index contributed by atoms with van der Waals surface area (Å²) < 4.78 is 6.19. The Morgan fingerprint density at radius 3 is 2.37 bits per heavy atom. The van der Waals surface area contributed by atoms with Crippen molar-refractivity contribution < 1.29 is 19.2 Å². The number of rotatable bonds is 6. The van der Waals surface area contributed by atoms with Gasteiger partial charge in [0.1, 0.15) is 17.6 Å². The van der Waals surface area contributed by atoms with Gasteiger partial charge in [-0.25, -0.2) is 4.90 Å². The van der Waals surface area contributed by atoms with Crippen LogP contribution in [0.15, 0.2) is 88.7 Å². The zero-order valence-electron chi connectivity index (χ0n) is 19.6. The van der Waals surface area contributed by atoms with Crippen LogP contribution in [0.4, 0.5) is 11.4 Å². The van der Waals surface area contributed by atoms with Gasteiger partial charge in [0.15, 0.2) is 0 Å². The first-order chi connectivity index (χ1) is 18.4. The summed E-state index contributed by atoms with van der Waals surface area (Å²) in [4.78, 5) is 54.7. The summed E-state index contributed by atoms with van der Waals surface area (Å²) in [6.07, 6.45) is 0. The van der Waals surface area contributed by atoms with Crippen molar-refractivity contribution in [2.75, 3.05) is 4.90 Å². The van der Waals surface area contributed by atoms with Crippen molar-refractivity contribution in [3.63, 3.8) is 0 Å². The second-order valence-corrected chi connectivity index (χ2v) is 11.0. The minimum atomic E-state index is -0.789. The third-order valence-electron chi connectivity index (χ3n) is 6.63. The molecule has 0 radical (unpaired) electrons. The van der Waals surface area contributed by atoms with E-state index in [9.17, 15) is 24.5 Å². The smallest absolute Gasteiger partial charge is 0.305 e. The molecule has 3 aromatic carbocycles. The predicted octanol–water partition coefficient (Wildman–Crippen LogP) is 4.72. The van der Waals surface area contributed by atoms with E-state index < -0.39 is 33.8 Å². The highest BCUT2D eigenvalue weighted by atomic mass is 32.2. The number of fused-ring (bicyclic) bond motifs is 2. The van der Waals surface area contributed by atoms with Gasteiger partial charge in [0.05, 0.1) is 21.6 Å². The molecule has 1 N–H and O–H groups in total. The number of H-pyrrole nitrogens is 1. The average Bonchev–Trinajstić information content (AvgIpc) is 3.42. The van der Waals surface area contributed by atoms with Crippen LogP contribution >= 0.6 is 23.1 Å². The molecule has 38 heavy (non-hydrogen) atoms. The van der Waals surface area contributed by atoms with Crippen LogP contribution in [0.25, 0.3) is 0 Å². The number of carbonyl (C=O) groups excluding carboxylic acids is 2. The number of aromatic amines is 1. The molecule has 1 saturated heterocycles. The number of nitro groups is 1. The molecule has 1 aromatic heterocycles. The lowest BCUT2D eigenvalue weighted by atomic mass is 9.82. The molecule has 2 aliphatic rings. The Labute approximate surface area is 224 Å². The highest BCUT2D eigenvalue weighted by Gasteiger charge is 2.56. The van der Waals surface area contributed by atoms with Crippen molar-refractivity contribution in [1.82, 2.24) is 4.98 Å². The normalized spacial score (nSPS) is 20.2. The summed E-state index contributed by atoms with van der Waals surface area (Å²) in [5.41, 5.74) is 1.82. The maximum absolute atomic E-state index is 13.9. The number of hydrogen-bond donors (Lipinski definition) is 1. The lowest BCUT2D eigenvalue weighted by Gasteiger charge is -2.30. The van der Waals surface area contributed by atoms with E-state index in [-0.39, 0.29) is 16.2 Å². The number of anilines is 1. The number of non-ortho nitro benzene ring substituents is 1. The lowest BCUT2D eigenvalue weighted by Crippen LogP contribution is -2.32. The predicted molar refractivity (Wildman–Crippen MR) is 143 cm³/mol. The maximum Gasteiger partial charge on any atom is 0.305 e. The van der Waals surface area contributed by atoms with Crippen molar-refractivity contribution >= 4 is 46.3 Å². The van der Waals surface area contributed by atoms with Gasteiger partial charge in [0.25, 0.3) is 5.69 Å². The highest BCUT2D eigenvalue weighted by Crippen LogP contribution is 2.54. The Bertz CT molecular complexity index is 1620. The first-order valence-corrected chi connectivity index (χ1v) is 13.4. The quantitative estimate of drug-likeness (QED) is 0.211. The monoisotopic (exact) mass is 545 g/mol. The van der Waals surface area contributed by atoms with Crippen LogP contribution in [-0.4, -0.2) is 27.0 Å². The van der Waals surface area contributed by atoms with Gasteiger partial charge >= 0.3 is 4.87 Å². The largest absolute Gasteiger partial charge is 0.489 e. The number of carbonyl (C=O) groups is 2. The van der Waals surface area contributed by atoms with Crippen LogP contribution in [0.5, 0.6) is 5.75 Å². The van der Waals surface area contributed by atoms with Crippen LogP contribution in [0, 0.1) is 16.0 Å². The number of thiazole rings is 1. The first-order valence-electron chi connectivity index (χ1n) is 11.7. The molecule has 4 aromatic rings. The minimum absolute atomic E-state index is 0.137. The average molecular weight is 546 g/mol. The third kappa shape index (κ3) is 4.09. The van der Waals surface area contributed by atoms with Gasteiger partial charge in [-0.2, -0.15) is 0 Å². The van der Waals surface area contributed by atoms with Crippen LogP contribution < -0.4 is 14.5 Å². The molecule has 2 amide bonds. The molecule has 6 rings (SSSR count). The molecule has 0 spiro atoms. The van der Waals surface area contributed by atoms with Crippen molar-refractivity contribution in [1.29, 1.82) is 0 Å². The number of amides is 2. The molecule has 2 unspecified atom stereocenters. The maximum atomic E-state index is 13.9. The standard InChI is InChI=1S/C27H19N3O6S2/c31-25-21-20(18-8-4-5-9-19(18)36-14-15-6-2-1-3-7-15)22-24(28-27(33)38-22)37-23(21)26(32)29(25)16-10-12-17(13-11-16)30(34)35/h1-13,20-21,23H,14H2,(H,28,33)/t20-,21?,23?/m1/s1. The molecule has 11 heteroatoms. The fourth-order valence-corrected chi connectivity index (χ4v) is 7.44. The van der Waals surface area contributed by atoms with Crippen molar-refractivity contribution in [2.45, 2.75) is 22.8 Å². The van der Waals surface area contributed by atoms with Gasteiger partial charge in [0, 0.05) is 28.5 Å². The van der Waals surface area contributed by atoms with Gasteiger partial charge in [-0.3, -0.25) is 24.5 Å². The van der Waals surface area contributed by atoms with Crippen LogP contribution in [0.3, 0.4) is 0 Å². The van der Waals surface area contributed by atoms with E-state index in [0.29, 0.717) is 27.8 Å². The summed E-state index contributed by atoms with van der Waals surface area (Å²) in [5, 5.41) is 10.9. The number of thioether (sulfide) groups is 1. The lowest BCUT2D eigenvalue weighted by molar-refractivity contribution is -0.384. The van der Waals surface area contributed by atoms with Crippen LogP contribution in [0.2, 0.25) is 0 Å². The Balaban J connectivity index is 1.41. The van der Waals surface area contributed by atoms with Gasteiger partial charge in [-0.05, 0) is 23.8 Å². The van der Waals surface area contributed by atoms with Crippen molar-refractivity contribution in [3.05, 3.63) is 115 Å². The molecule has 1 fully saturated rings. The first kappa shape index (κ1) is 24.1. The number of imide groups is 1.